The summed E-state index contributed by atoms with van der Waals surface area (Å²) < 4.78 is 0. The molecule has 24 heavy (non-hydrogen) atoms. The minimum Gasteiger partial charge on any atom is -0.369 e. The first-order chi connectivity index (χ1) is 11.5. The second-order valence-corrected chi connectivity index (χ2v) is 6.55. The number of likely N-dealkylation sites (tertiary alicyclic amines) is 1. The van der Waals surface area contributed by atoms with E-state index in [1.807, 2.05) is 36.1 Å². The number of pyridine rings is 1. The monoisotopic (exact) mass is 325 g/mol. The number of aromatic nitrogens is 1. The second kappa shape index (κ2) is 6.59. The van der Waals surface area contributed by atoms with Crippen molar-refractivity contribution in [2.45, 2.75) is 33.1 Å². The van der Waals surface area contributed by atoms with Gasteiger partial charge in [0.1, 0.15) is 0 Å². The number of nitrogens with zero attached hydrogens (tertiary/aromatic N) is 2. The number of nitrogens with two attached hydrogens (primary N) is 1. The van der Waals surface area contributed by atoms with E-state index in [4.69, 9.17) is 5.73 Å². The van der Waals surface area contributed by atoms with Crippen LogP contribution in [0.3, 0.4) is 0 Å². The average molecular weight is 325 g/mol. The van der Waals surface area contributed by atoms with Crippen molar-refractivity contribution >= 4 is 22.7 Å². The molecule has 5 heteroatoms. The zero-order chi connectivity index (χ0) is 17.3. The van der Waals surface area contributed by atoms with Gasteiger partial charge in [-0.3, -0.25) is 14.6 Å². The summed E-state index contributed by atoms with van der Waals surface area (Å²) in [5.41, 5.74) is 9.36. The lowest BCUT2D eigenvalue weighted by Crippen LogP contribution is -2.42. The SMILES string of the molecule is Cc1nc2ccccc2c(C)c1CC(=O)N1CCC(C(N)=O)CC1. The van der Waals surface area contributed by atoms with Crippen molar-refractivity contribution in [2.75, 3.05) is 13.1 Å². The number of hydrogen-bond acceptors (Lipinski definition) is 3. The fourth-order valence-electron chi connectivity index (χ4n) is 3.51. The van der Waals surface area contributed by atoms with Crippen LogP contribution in [0.25, 0.3) is 10.9 Å². The number of piperidine rings is 1. The smallest absolute Gasteiger partial charge is 0.227 e. The molecule has 1 aliphatic heterocycles. The lowest BCUT2D eigenvalue weighted by Gasteiger charge is -2.31. The van der Waals surface area contributed by atoms with Crippen molar-refractivity contribution in [1.82, 2.24) is 9.88 Å². The molecule has 2 aromatic rings. The van der Waals surface area contributed by atoms with Gasteiger partial charge in [-0.15, -0.1) is 0 Å². The van der Waals surface area contributed by atoms with Gasteiger partial charge in [-0.05, 0) is 43.9 Å². The van der Waals surface area contributed by atoms with Crippen LogP contribution >= 0.6 is 0 Å². The summed E-state index contributed by atoms with van der Waals surface area (Å²) in [7, 11) is 0. The maximum absolute atomic E-state index is 12.7. The van der Waals surface area contributed by atoms with Gasteiger partial charge in [0.2, 0.25) is 11.8 Å². The molecule has 0 saturated carbocycles. The van der Waals surface area contributed by atoms with Gasteiger partial charge in [-0.25, -0.2) is 0 Å². The summed E-state index contributed by atoms with van der Waals surface area (Å²) in [6.07, 6.45) is 1.68. The summed E-state index contributed by atoms with van der Waals surface area (Å²) in [5.74, 6) is -0.256. The molecule has 0 radical (unpaired) electrons. The Morgan fingerprint density at radius 3 is 2.54 bits per heavy atom. The number of aryl methyl sites for hydroxylation is 2. The summed E-state index contributed by atoms with van der Waals surface area (Å²) in [6, 6.07) is 8.01. The van der Waals surface area contributed by atoms with Crippen LogP contribution in [-0.4, -0.2) is 34.8 Å². The minimum atomic E-state index is -0.257. The molecule has 5 nitrogen and oxygen atoms in total. The molecular formula is C19H23N3O2. The number of primary amides is 1. The Morgan fingerprint density at radius 1 is 1.21 bits per heavy atom. The first kappa shape index (κ1) is 16.4. The van der Waals surface area contributed by atoms with Crippen LogP contribution in [0.4, 0.5) is 0 Å². The number of para-hydroxylation sites is 1. The number of fused-ring (bicyclic) bond motifs is 1. The molecule has 2 heterocycles. The third-order valence-corrected chi connectivity index (χ3v) is 5.06. The standard InChI is InChI=1S/C19H23N3O2/c1-12-15-5-3-4-6-17(15)21-13(2)16(12)11-18(23)22-9-7-14(8-10-22)19(20)24/h3-6,14H,7-11H2,1-2H3,(H2,20,24). The Labute approximate surface area is 141 Å². The summed E-state index contributed by atoms with van der Waals surface area (Å²) in [4.78, 5) is 30.4. The molecular weight excluding hydrogens is 302 g/mol. The number of carbonyl (C=O) groups is 2. The van der Waals surface area contributed by atoms with E-state index >= 15 is 0 Å². The Morgan fingerprint density at radius 2 is 1.88 bits per heavy atom. The highest BCUT2D eigenvalue weighted by atomic mass is 16.2. The third-order valence-electron chi connectivity index (χ3n) is 5.06. The molecule has 1 saturated heterocycles. The zero-order valence-corrected chi connectivity index (χ0v) is 14.2. The quantitative estimate of drug-likeness (QED) is 0.939. The van der Waals surface area contributed by atoms with Crippen LogP contribution < -0.4 is 5.73 Å². The number of benzene rings is 1. The Bertz CT molecular complexity index is 793. The van der Waals surface area contributed by atoms with Gasteiger partial charge in [0.15, 0.2) is 0 Å². The first-order valence-electron chi connectivity index (χ1n) is 8.39. The number of amides is 2. The first-order valence-corrected chi connectivity index (χ1v) is 8.39. The molecule has 0 aliphatic carbocycles. The molecule has 1 aromatic carbocycles. The molecule has 126 valence electrons. The average Bonchev–Trinajstić information content (AvgIpc) is 2.58. The van der Waals surface area contributed by atoms with Crippen molar-refractivity contribution < 1.29 is 9.59 Å². The van der Waals surface area contributed by atoms with E-state index < -0.39 is 0 Å². The maximum atomic E-state index is 12.7. The van der Waals surface area contributed by atoms with E-state index in [2.05, 4.69) is 11.9 Å². The van der Waals surface area contributed by atoms with Crippen molar-refractivity contribution in [3.05, 3.63) is 41.1 Å². The number of rotatable bonds is 3. The van der Waals surface area contributed by atoms with Crippen molar-refractivity contribution in [3.8, 4) is 0 Å². The van der Waals surface area contributed by atoms with Gasteiger partial charge in [0.25, 0.3) is 0 Å². The van der Waals surface area contributed by atoms with Crippen LogP contribution in [0.1, 0.15) is 29.7 Å². The van der Waals surface area contributed by atoms with Gasteiger partial charge in [-0.1, -0.05) is 18.2 Å². The summed E-state index contributed by atoms with van der Waals surface area (Å²) >= 11 is 0. The third kappa shape index (κ3) is 3.11. The van der Waals surface area contributed by atoms with Gasteiger partial charge < -0.3 is 10.6 Å². The van der Waals surface area contributed by atoms with Gasteiger partial charge in [-0.2, -0.15) is 0 Å². The zero-order valence-electron chi connectivity index (χ0n) is 14.2. The van der Waals surface area contributed by atoms with E-state index in [1.54, 1.807) is 0 Å². The highest BCUT2D eigenvalue weighted by Crippen LogP contribution is 2.24. The van der Waals surface area contributed by atoms with E-state index in [0.717, 1.165) is 27.7 Å². The van der Waals surface area contributed by atoms with E-state index in [-0.39, 0.29) is 17.7 Å². The molecule has 1 fully saturated rings. The van der Waals surface area contributed by atoms with Crippen LogP contribution in [0.15, 0.2) is 24.3 Å². The number of hydrogen-bond donors (Lipinski definition) is 1. The van der Waals surface area contributed by atoms with Crippen molar-refractivity contribution in [3.63, 3.8) is 0 Å². The lowest BCUT2D eigenvalue weighted by molar-refractivity contribution is -0.134. The van der Waals surface area contributed by atoms with Crippen molar-refractivity contribution in [1.29, 1.82) is 0 Å². The molecule has 1 aliphatic rings. The van der Waals surface area contributed by atoms with Gasteiger partial charge >= 0.3 is 0 Å². The second-order valence-electron chi connectivity index (χ2n) is 6.55. The lowest BCUT2D eigenvalue weighted by atomic mass is 9.95. The number of carbonyl (C=O) groups excluding carboxylic acids is 2. The molecule has 1 aromatic heterocycles. The molecule has 0 spiro atoms. The topological polar surface area (TPSA) is 76.3 Å². The highest BCUT2D eigenvalue weighted by molar-refractivity contribution is 5.86. The predicted molar refractivity (Wildman–Crippen MR) is 93.4 cm³/mol. The fourth-order valence-corrected chi connectivity index (χ4v) is 3.51. The molecule has 3 rings (SSSR count). The minimum absolute atomic E-state index is 0.0974. The molecule has 0 unspecified atom stereocenters. The Kier molecular flexibility index (Phi) is 4.51. The predicted octanol–water partition coefficient (Wildman–Crippen LogP) is 2.12. The Hall–Kier alpha value is -2.43. The fraction of sp³-hybridized carbons (Fsp3) is 0.421. The van der Waals surface area contributed by atoms with Gasteiger partial charge in [0, 0.05) is 30.1 Å². The normalized spacial score (nSPS) is 15.7. The molecule has 0 atom stereocenters. The van der Waals surface area contributed by atoms with E-state index in [9.17, 15) is 9.59 Å². The van der Waals surface area contributed by atoms with E-state index in [1.165, 1.54) is 0 Å². The summed E-state index contributed by atoms with van der Waals surface area (Å²) in [6.45, 7) is 5.22. The largest absolute Gasteiger partial charge is 0.369 e. The van der Waals surface area contributed by atoms with Crippen LogP contribution in [-0.2, 0) is 16.0 Å². The van der Waals surface area contributed by atoms with E-state index in [0.29, 0.717) is 32.4 Å². The highest BCUT2D eigenvalue weighted by Gasteiger charge is 2.26. The van der Waals surface area contributed by atoms with Crippen molar-refractivity contribution in [2.24, 2.45) is 11.7 Å². The van der Waals surface area contributed by atoms with Crippen LogP contribution in [0.5, 0.6) is 0 Å². The molecule has 2 amide bonds. The van der Waals surface area contributed by atoms with Crippen LogP contribution in [0.2, 0.25) is 0 Å². The maximum Gasteiger partial charge on any atom is 0.227 e. The van der Waals surface area contributed by atoms with Gasteiger partial charge in [0.05, 0.1) is 11.9 Å². The van der Waals surface area contributed by atoms with Crippen LogP contribution in [0, 0.1) is 19.8 Å². The summed E-state index contributed by atoms with van der Waals surface area (Å²) in [5, 5.41) is 1.10. The Balaban J connectivity index is 1.78. The molecule has 0 bridgehead atoms. The molecule has 2 N–H and O–H groups in total.